The van der Waals surface area contributed by atoms with Crippen molar-refractivity contribution in [2.45, 2.75) is 19.9 Å². The van der Waals surface area contributed by atoms with Crippen molar-refractivity contribution in [3.8, 4) is 0 Å². The molecular weight excluding hydrogens is 238 g/mol. The van der Waals surface area contributed by atoms with E-state index in [1.165, 1.54) is 0 Å². The summed E-state index contributed by atoms with van der Waals surface area (Å²) in [7, 11) is 0. The van der Waals surface area contributed by atoms with Gasteiger partial charge in [0.1, 0.15) is 0 Å². The van der Waals surface area contributed by atoms with Gasteiger partial charge in [0.05, 0.1) is 0 Å². The van der Waals surface area contributed by atoms with Crippen LogP contribution in [0.5, 0.6) is 0 Å². The molecule has 0 radical (unpaired) electrons. The average molecular weight is 255 g/mol. The number of carbonyl (C=O) groups excluding carboxylic acids is 1. The SMILES string of the molecule is Cc1cc(C(C)N)ccc1C(=O)Nc1ccncc1. The number of carbonyl (C=O) groups is 1. The zero-order valence-corrected chi connectivity index (χ0v) is 11.1. The summed E-state index contributed by atoms with van der Waals surface area (Å²) in [6.07, 6.45) is 3.28. The van der Waals surface area contributed by atoms with Gasteiger partial charge in [-0.05, 0) is 43.2 Å². The topological polar surface area (TPSA) is 68.0 Å². The molecule has 0 bridgehead atoms. The minimum atomic E-state index is -0.125. The molecule has 0 saturated carbocycles. The quantitative estimate of drug-likeness (QED) is 0.886. The van der Waals surface area contributed by atoms with Crippen LogP contribution in [0.1, 0.15) is 34.5 Å². The zero-order chi connectivity index (χ0) is 13.8. The molecule has 1 heterocycles. The molecule has 0 aliphatic rings. The molecule has 98 valence electrons. The van der Waals surface area contributed by atoms with E-state index in [9.17, 15) is 4.79 Å². The standard InChI is InChI=1S/C15H17N3O/c1-10-9-12(11(2)16)3-4-14(10)15(19)18-13-5-7-17-8-6-13/h3-9,11H,16H2,1-2H3,(H,17,18,19). The smallest absolute Gasteiger partial charge is 0.255 e. The molecule has 0 aliphatic carbocycles. The molecule has 4 nitrogen and oxygen atoms in total. The lowest BCUT2D eigenvalue weighted by atomic mass is 10.0. The van der Waals surface area contributed by atoms with Crippen molar-refractivity contribution in [1.29, 1.82) is 0 Å². The Labute approximate surface area is 112 Å². The number of aryl methyl sites for hydroxylation is 1. The Bertz CT molecular complexity index is 579. The predicted octanol–water partition coefficient (Wildman–Crippen LogP) is 2.66. The van der Waals surface area contributed by atoms with Crippen LogP contribution in [-0.4, -0.2) is 10.9 Å². The van der Waals surface area contributed by atoms with Gasteiger partial charge < -0.3 is 11.1 Å². The molecule has 0 fully saturated rings. The lowest BCUT2D eigenvalue weighted by molar-refractivity contribution is 0.102. The molecule has 1 aromatic carbocycles. The van der Waals surface area contributed by atoms with E-state index in [4.69, 9.17) is 5.73 Å². The van der Waals surface area contributed by atoms with Gasteiger partial charge in [-0.25, -0.2) is 0 Å². The Morgan fingerprint density at radius 2 is 1.95 bits per heavy atom. The maximum atomic E-state index is 12.2. The first-order chi connectivity index (χ1) is 9.08. The molecule has 1 unspecified atom stereocenters. The molecular formula is C15H17N3O. The van der Waals surface area contributed by atoms with Gasteiger partial charge in [-0.1, -0.05) is 12.1 Å². The van der Waals surface area contributed by atoms with Crippen molar-refractivity contribution in [3.05, 3.63) is 59.4 Å². The Morgan fingerprint density at radius 1 is 1.26 bits per heavy atom. The lowest BCUT2D eigenvalue weighted by Crippen LogP contribution is -2.14. The van der Waals surface area contributed by atoms with Crippen molar-refractivity contribution in [1.82, 2.24) is 4.98 Å². The van der Waals surface area contributed by atoms with Gasteiger partial charge in [0.15, 0.2) is 0 Å². The molecule has 1 atom stereocenters. The van der Waals surface area contributed by atoms with Crippen molar-refractivity contribution < 1.29 is 4.79 Å². The average Bonchev–Trinajstić information content (AvgIpc) is 2.39. The van der Waals surface area contributed by atoms with Crippen LogP contribution in [0.25, 0.3) is 0 Å². The van der Waals surface area contributed by atoms with E-state index in [-0.39, 0.29) is 11.9 Å². The Morgan fingerprint density at radius 3 is 2.53 bits per heavy atom. The highest BCUT2D eigenvalue weighted by Crippen LogP contribution is 2.17. The second-order valence-electron chi connectivity index (χ2n) is 4.55. The van der Waals surface area contributed by atoms with Gasteiger partial charge in [0, 0.05) is 29.7 Å². The van der Waals surface area contributed by atoms with Crippen molar-refractivity contribution >= 4 is 11.6 Å². The molecule has 3 N–H and O–H groups in total. The van der Waals surface area contributed by atoms with Crippen LogP contribution in [0.15, 0.2) is 42.7 Å². The van der Waals surface area contributed by atoms with Gasteiger partial charge in [-0.2, -0.15) is 0 Å². The molecule has 1 aromatic heterocycles. The number of amides is 1. The maximum absolute atomic E-state index is 12.2. The zero-order valence-electron chi connectivity index (χ0n) is 11.1. The van der Waals surface area contributed by atoms with Crippen molar-refractivity contribution in [2.24, 2.45) is 5.73 Å². The van der Waals surface area contributed by atoms with E-state index in [0.717, 1.165) is 16.8 Å². The number of hydrogen-bond donors (Lipinski definition) is 2. The number of anilines is 1. The molecule has 2 aromatic rings. The van der Waals surface area contributed by atoms with Crippen LogP contribution >= 0.6 is 0 Å². The van der Waals surface area contributed by atoms with E-state index in [1.54, 1.807) is 24.5 Å². The Balaban J connectivity index is 2.20. The lowest BCUT2D eigenvalue weighted by Gasteiger charge is -2.11. The first-order valence-electron chi connectivity index (χ1n) is 6.15. The number of aromatic nitrogens is 1. The number of hydrogen-bond acceptors (Lipinski definition) is 3. The van der Waals surface area contributed by atoms with E-state index < -0.39 is 0 Å². The van der Waals surface area contributed by atoms with Crippen LogP contribution in [0.3, 0.4) is 0 Å². The Hall–Kier alpha value is -2.20. The fourth-order valence-corrected chi connectivity index (χ4v) is 1.86. The summed E-state index contributed by atoms with van der Waals surface area (Å²) in [6, 6.07) is 9.12. The second kappa shape index (κ2) is 5.63. The summed E-state index contributed by atoms with van der Waals surface area (Å²) < 4.78 is 0. The summed E-state index contributed by atoms with van der Waals surface area (Å²) in [6.45, 7) is 3.83. The number of pyridine rings is 1. The number of rotatable bonds is 3. The summed E-state index contributed by atoms with van der Waals surface area (Å²) in [5, 5.41) is 2.84. The van der Waals surface area contributed by atoms with Crippen LogP contribution in [0, 0.1) is 6.92 Å². The highest BCUT2D eigenvalue weighted by Gasteiger charge is 2.10. The van der Waals surface area contributed by atoms with Crippen molar-refractivity contribution in [3.63, 3.8) is 0 Å². The minimum Gasteiger partial charge on any atom is -0.324 e. The number of nitrogens with two attached hydrogens (primary N) is 1. The molecule has 0 spiro atoms. The molecule has 1 amide bonds. The first-order valence-corrected chi connectivity index (χ1v) is 6.15. The van der Waals surface area contributed by atoms with Gasteiger partial charge in [0.2, 0.25) is 0 Å². The molecule has 2 rings (SSSR count). The van der Waals surface area contributed by atoms with E-state index in [0.29, 0.717) is 5.56 Å². The third-order valence-corrected chi connectivity index (χ3v) is 2.96. The monoisotopic (exact) mass is 255 g/mol. The number of benzene rings is 1. The first kappa shape index (κ1) is 13.2. The van der Waals surface area contributed by atoms with Crippen LogP contribution in [0.2, 0.25) is 0 Å². The minimum absolute atomic E-state index is 0.0315. The van der Waals surface area contributed by atoms with Gasteiger partial charge in [-0.15, -0.1) is 0 Å². The largest absolute Gasteiger partial charge is 0.324 e. The molecule has 4 heteroatoms. The number of nitrogens with one attached hydrogen (secondary N) is 1. The summed E-state index contributed by atoms with van der Waals surface area (Å²) >= 11 is 0. The predicted molar refractivity (Wildman–Crippen MR) is 76.0 cm³/mol. The molecule has 0 saturated heterocycles. The van der Waals surface area contributed by atoms with E-state index in [1.807, 2.05) is 32.0 Å². The summed E-state index contributed by atoms with van der Waals surface area (Å²) in [4.78, 5) is 16.1. The van der Waals surface area contributed by atoms with Gasteiger partial charge in [0.25, 0.3) is 5.91 Å². The Kier molecular flexibility index (Phi) is 3.92. The molecule has 19 heavy (non-hydrogen) atoms. The summed E-state index contributed by atoms with van der Waals surface area (Å²) in [5.41, 5.74) is 9.15. The summed E-state index contributed by atoms with van der Waals surface area (Å²) in [5.74, 6) is -0.125. The highest BCUT2D eigenvalue weighted by atomic mass is 16.1. The van der Waals surface area contributed by atoms with E-state index in [2.05, 4.69) is 10.3 Å². The third-order valence-electron chi connectivity index (χ3n) is 2.96. The van der Waals surface area contributed by atoms with E-state index >= 15 is 0 Å². The van der Waals surface area contributed by atoms with Crippen LogP contribution in [0.4, 0.5) is 5.69 Å². The fourth-order valence-electron chi connectivity index (χ4n) is 1.86. The third kappa shape index (κ3) is 3.17. The second-order valence-corrected chi connectivity index (χ2v) is 4.55. The van der Waals surface area contributed by atoms with Gasteiger partial charge in [-0.3, -0.25) is 9.78 Å². The van der Waals surface area contributed by atoms with Crippen LogP contribution < -0.4 is 11.1 Å². The normalized spacial score (nSPS) is 11.9. The van der Waals surface area contributed by atoms with Crippen molar-refractivity contribution in [2.75, 3.05) is 5.32 Å². The maximum Gasteiger partial charge on any atom is 0.255 e. The van der Waals surface area contributed by atoms with Gasteiger partial charge >= 0.3 is 0 Å². The fraction of sp³-hybridized carbons (Fsp3) is 0.200. The number of nitrogens with zero attached hydrogens (tertiary/aromatic N) is 1. The highest BCUT2D eigenvalue weighted by molar-refractivity contribution is 6.05. The van der Waals surface area contributed by atoms with Crippen LogP contribution in [-0.2, 0) is 0 Å². The molecule has 0 aliphatic heterocycles.